The summed E-state index contributed by atoms with van der Waals surface area (Å²) in [4.78, 5) is 30.2. The maximum atomic E-state index is 12.4. The minimum Gasteiger partial charge on any atom is -0.462 e. The lowest BCUT2D eigenvalue weighted by Crippen LogP contribution is -2.16. The maximum absolute atomic E-state index is 12.4. The van der Waals surface area contributed by atoms with Gasteiger partial charge < -0.3 is 10.1 Å². The molecule has 1 N–H and O–H groups in total. The summed E-state index contributed by atoms with van der Waals surface area (Å²) in [6.45, 7) is 5.85. The average molecular weight is 433 g/mol. The van der Waals surface area contributed by atoms with E-state index in [0.29, 0.717) is 17.2 Å². The second kappa shape index (κ2) is 9.36. The van der Waals surface area contributed by atoms with Crippen LogP contribution in [-0.4, -0.2) is 29.2 Å². The number of aromatic nitrogens is 1. The van der Waals surface area contributed by atoms with Gasteiger partial charge in [-0.3, -0.25) is 4.79 Å². The minimum atomic E-state index is -0.403. The predicted octanol–water partition coefficient (Wildman–Crippen LogP) is 5.40. The van der Waals surface area contributed by atoms with Crippen LogP contribution >= 0.6 is 34.4 Å². The van der Waals surface area contributed by atoms with Crippen LogP contribution in [0, 0.1) is 13.8 Å². The second-order valence-electron chi connectivity index (χ2n) is 5.91. The van der Waals surface area contributed by atoms with E-state index in [2.05, 4.69) is 10.3 Å². The van der Waals surface area contributed by atoms with E-state index in [4.69, 9.17) is 4.74 Å². The van der Waals surface area contributed by atoms with Crippen molar-refractivity contribution in [2.75, 3.05) is 17.7 Å². The van der Waals surface area contributed by atoms with Crippen LogP contribution in [0.1, 0.15) is 27.7 Å². The van der Waals surface area contributed by atoms with Crippen molar-refractivity contribution in [3.8, 4) is 11.3 Å². The summed E-state index contributed by atoms with van der Waals surface area (Å²) in [5.41, 5.74) is 3.25. The van der Waals surface area contributed by atoms with Gasteiger partial charge in [-0.25, -0.2) is 9.78 Å². The number of esters is 1. The first kappa shape index (κ1) is 20.6. The first-order valence-electron chi connectivity index (χ1n) is 8.70. The van der Waals surface area contributed by atoms with Crippen LogP contribution in [0.25, 0.3) is 11.3 Å². The molecule has 3 aromatic rings. The Morgan fingerprint density at radius 2 is 1.96 bits per heavy atom. The highest BCUT2D eigenvalue weighted by Crippen LogP contribution is 2.33. The third kappa shape index (κ3) is 4.81. The van der Waals surface area contributed by atoms with Crippen molar-refractivity contribution in [1.82, 2.24) is 4.98 Å². The molecule has 1 amide bonds. The number of amides is 1. The lowest BCUT2D eigenvalue weighted by atomic mass is 10.1. The number of benzene rings is 1. The molecule has 0 unspecified atom stereocenters. The van der Waals surface area contributed by atoms with E-state index < -0.39 is 5.97 Å². The van der Waals surface area contributed by atoms with E-state index >= 15 is 0 Å². The van der Waals surface area contributed by atoms with Gasteiger partial charge in [-0.2, -0.15) is 0 Å². The molecule has 1 aromatic carbocycles. The van der Waals surface area contributed by atoms with Crippen molar-refractivity contribution in [1.29, 1.82) is 0 Å². The van der Waals surface area contributed by atoms with Gasteiger partial charge in [0.1, 0.15) is 5.00 Å². The number of hydrogen-bond donors (Lipinski definition) is 1. The third-order valence-corrected chi connectivity index (χ3v) is 7.14. The van der Waals surface area contributed by atoms with Gasteiger partial charge >= 0.3 is 5.97 Å². The van der Waals surface area contributed by atoms with Crippen LogP contribution < -0.4 is 5.32 Å². The monoisotopic (exact) mass is 432 g/mol. The molecule has 28 heavy (non-hydrogen) atoms. The molecule has 8 heteroatoms. The summed E-state index contributed by atoms with van der Waals surface area (Å²) >= 11 is 4.29. The molecular weight excluding hydrogens is 412 g/mol. The van der Waals surface area contributed by atoms with Crippen LogP contribution in [-0.2, 0) is 9.53 Å². The Morgan fingerprint density at radius 1 is 1.21 bits per heavy atom. The van der Waals surface area contributed by atoms with Crippen molar-refractivity contribution < 1.29 is 14.3 Å². The zero-order valence-corrected chi connectivity index (χ0v) is 18.2. The number of nitrogens with zero attached hydrogens (tertiary/aromatic N) is 1. The summed E-state index contributed by atoms with van der Waals surface area (Å²) in [6.07, 6.45) is 0. The standard InChI is InChI=1S/C20H20N2O3S3/c1-4-25-19(24)17-12(2)13(3)28-18(17)22-16(23)11-27-20-21-15(10-26-20)14-8-6-5-7-9-14/h5-10H,4,11H2,1-3H3,(H,22,23). The number of hydrogen-bond acceptors (Lipinski definition) is 7. The molecule has 146 valence electrons. The van der Waals surface area contributed by atoms with E-state index in [0.717, 1.165) is 26.0 Å². The number of carbonyl (C=O) groups excluding carboxylic acids is 2. The predicted molar refractivity (Wildman–Crippen MR) is 117 cm³/mol. The molecule has 0 saturated heterocycles. The first-order valence-corrected chi connectivity index (χ1v) is 11.4. The van der Waals surface area contributed by atoms with Crippen LogP contribution in [0.15, 0.2) is 40.1 Å². The fourth-order valence-electron chi connectivity index (χ4n) is 2.52. The molecule has 0 saturated carbocycles. The number of nitrogens with one attached hydrogen (secondary N) is 1. The molecular formula is C20H20N2O3S3. The van der Waals surface area contributed by atoms with E-state index in [1.54, 1.807) is 6.92 Å². The van der Waals surface area contributed by atoms with Crippen molar-refractivity contribution in [3.63, 3.8) is 0 Å². The largest absolute Gasteiger partial charge is 0.462 e. The fourth-order valence-corrected chi connectivity index (χ4v) is 5.22. The highest BCUT2D eigenvalue weighted by molar-refractivity contribution is 8.01. The van der Waals surface area contributed by atoms with Gasteiger partial charge in [0.05, 0.1) is 23.6 Å². The van der Waals surface area contributed by atoms with Gasteiger partial charge in [0.15, 0.2) is 4.34 Å². The SMILES string of the molecule is CCOC(=O)c1c(NC(=O)CSc2nc(-c3ccccc3)cs2)sc(C)c1C. The topological polar surface area (TPSA) is 68.3 Å². The van der Waals surface area contributed by atoms with Crippen molar-refractivity contribution in [3.05, 3.63) is 51.7 Å². The summed E-state index contributed by atoms with van der Waals surface area (Å²) in [5.74, 6) is -0.354. The van der Waals surface area contributed by atoms with Crippen LogP contribution in [0.2, 0.25) is 0 Å². The lowest BCUT2D eigenvalue weighted by molar-refractivity contribution is -0.113. The Morgan fingerprint density at radius 3 is 2.68 bits per heavy atom. The van der Waals surface area contributed by atoms with E-state index in [1.807, 2.05) is 49.6 Å². The maximum Gasteiger partial charge on any atom is 0.341 e. The van der Waals surface area contributed by atoms with Crippen molar-refractivity contribution in [2.45, 2.75) is 25.1 Å². The Hall–Kier alpha value is -2.16. The molecule has 3 rings (SSSR count). The molecule has 0 radical (unpaired) electrons. The molecule has 0 bridgehead atoms. The zero-order chi connectivity index (χ0) is 20.1. The molecule has 0 aliphatic rings. The summed E-state index contributed by atoms with van der Waals surface area (Å²) in [7, 11) is 0. The van der Waals surface area contributed by atoms with Gasteiger partial charge in [-0.05, 0) is 26.3 Å². The van der Waals surface area contributed by atoms with Crippen LogP contribution in [0.5, 0.6) is 0 Å². The third-order valence-electron chi connectivity index (χ3n) is 4.00. The Bertz CT molecular complexity index is 980. The molecule has 5 nitrogen and oxygen atoms in total. The molecule has 2 aromatic heterocycles. The number of thiazole rings is 1. The summed E-state index contributed by atoms with van der Waals surface area (Å²) in [5, 5.41) is 5.39. The molecule has 0 aliphatic carbocycles. The number of anilines is 1. The van der Waals surface area contributed by atoms with Gasteiger partial charge in [0.25, 0.3) is 0 Å². The smallest absolute Gasteiger partial charge is 0.341 e. The second-order valence-corrected chi connectivity index (χ2v) is 9.21. The normalized spacial score (nSPS) is 10.7. The number of aryl methyl sites for hydroxylation is 1. The first-order chi connectivity index (χ1) is 13.5. The van der Waals surface area contributed by atoms with Crippen molar-refractivity contribution >= 4 is 51.3 Å². The summed E-state index contributed by atoms with van der Waals surface area (Å²) < 4.78 is 5.95. The van der Waals surface area contributed by atoms with Gasteiger partial charge in [-0.15, -0.1) is 22.7 Å². The Kier molecular flexibility index (Phi) is 6.88. The van der Waals surface area contributed by atoms with Crippen molar-refractivity contribution in [2.24, 2.45) is 0 Å². The quantitative estimate of drug-likeness (QED) is 0.400. The number of rotatable bonds is 7. The molecule has 0 aliphatic heterocycles. The molecule has 0 spiro atoms. The van der Waals surface area contributed by atoms with Gasteiger partial charge in [0.2, 0.25) is 5.91 Å². The fraction of sp³-hybridized carbons (Fsp3) is 0.250. The van der Waals surface area contributed by atoms with E-state index in [1.165, 1.54) is 34.4 Å². The Labute approximate surface area is 176 Å². The lowest BCUT2D eigenvalue weighted by Gasteiger charge is -2.06. The number of carbonyl (C=O) groups is 2. The number of thiophene rings is 1. The van der Waals surface area contributed by atoms with Gasteiger partial charge in [0, 0.05) is 15.8 Å². The van der Waals surface area contributed by atoms with Crippen LogP contribution in [0.3, 0.4) is 0 Å². The zero-order valence-electron chi connectivity index (χ0n) is 15.8. The molecule has 0 atom stereocenters. The van der Waals surface area contributed by atoms with E-state index in [9.17, 15) is 9.59 Å². The van der Waals surface area contributed by atoms with E-state index in [-0.39, 0.29) is 11.7 Å². The highest BCUT2D eigenvalue weighted by atomic mass is 32.2. The number of thioether (sulfide) groups is 1. The Balaban J connectivity index is 1.63. The number of ether oxygens (including phenoxy) is 1. The average Bonchev–Trinajstić information content (AvgIpc) is 3.26. The van der Waals surface area contributed by atoms with Crippen LogP contribution in [0.4, 0.5) is 5.00 Å². The summed E-state index contributed by atoms with van der Waals surface area (Å²) in [6, 6.07) is 9.93. The highest BCUT2D eigenvalue weighted by Gasteiger charge is 2.22. The molecule has 0 fully saturated rings. The molecule has 2 heterocycles. The van der Waals surface area contributed by atoms with Gasteiger partial charge in [-0.1, -0.05) is 42.1 Å². The minimum absolute atomic E-state index is 0.173.